The fraction of sp³-hybridized carbons (Fsp3) is 0.600. The predicted molar refractivity (Wildman–Crippen MR) is 65.1 cm³/mol. The molecule has 0 aromatic rings. The minimum atomic E-state index is -1.28. The van der Waals surface area contributed by atoms with Crippen molar-refractivity contribution in [1.82, 2.24) is 15.5 Å². The number of carboxylic acid groups (broad SMARTS) is 1. The van der Waals surface area contributed by atoms with E-state index in [1.807, 2.05) is 0 Å². The van der Waals surface area contributed by atoms with Gasteiger partial charge in [-0.2, -0.15) is 0 Å². The highest BCUT2D eigenvalue weighted by molar-refractivity contribution is 5.86. The van der Waals surface area contributed by atoms with Crippen LogP contribution in [0.4, 0.5) is 4.79 Å². The molecule has 0 saturated heterocycles. The van der Waals surface area contributed by atoms with Crippen LogP contribution < -0.4 is 16.4 Å². The molecule has 4 amide bonds. The van der Waals surface area contributed by atoms with Crippen LogP contribution in [0, 0.1) is 0 Å². The van der Waals surface area contributed by atoms with Gasteiger partial charge in [0.15, 0.2) is 0 Å². The van der Waals surface area contributed by atoms with E-state index in [1.165, 1.54) is 19.0 Å². The molecule has 0 fully saturated rings. The number of nitrogens with zero attached hydrogens (tertiary/aromatic N) is 1. The van der Waals surface area contributed by atoms with Crippen LogP contribution in [0.3, 0.4) is 0 Å². The number of primary amides is 1. The highest BCUT2D eigenvalue weighted by Crippen LogP contribution is 1.97. The largest absolute Gasteiger partial charge is 0.480 e. The van der Waals surface area contributed by atoms with Crippen LogP contribution in [0.5, 0.6) is 0 Å². The maximum absolute atomic E-state index is 11.4. The Morgan fingerprint density at radius 2 is 1.84 bits per heavy atom. The molecule has 19 heavy (non-hydrogen) atoms. The summed E-state index contributed by atoms with van der Waals surface area (Å²) in [7, 11) is 3.05. The summed E-state index contributed by atoms with van der Waals surface area (Å²) in [6, 6.07) is -2.03. The minimum Gasteiger partial charge on any atom is -0.480 e. The molecule has 9 nitrogen and oxygen atoms in total. The van der Waals surface area contributed by atoms with Crippen molar-refractivity contribution in [2.45, 2.75) is 18.9 Å². The van der Waals surface area contributed by atoms with Gasteiger partial charge < -0.3 is 26.4 Å². The van der Waals surface area contributed by atoms with Crippen molar-refractivity contribution < 1.29 is 24.3 Å². The number of nitrogens with two attached hydrogens (primary N) is 1. The molecule has 1 unspecified atom stereocenters. The van der Waals surface area contributed by atoms with Gasteiger partial charge in [0, 0.05) is 20.5 Å². The quantitative estimate of drug-likeness (QED) is 0.428. The van der Waals surface area contributed by atoms with Crippen LogP contribution in [-0.2, 0) is 14.4 Å². The molecule has 1 atom stereocenters. The summed E-state index contributed by atoms with van der Waals surface area (Å²) in [5.41, 5.74) is 4.89. The van der Waals surface area contributed by atoms with E-state index in [4.69, 9.17) is 10.8 Å². The lowest BCUT2D eigenvalue weighted by Crippen LogP contribution is -2.48. The molecule has 0 spiro atoms. The van der Waals surface area contributed by atoms with E-state index >= 15 is 0 Å². The van der Waals surface area contributed by atoms with E-state index < -0.39 is 23.9 Å². The Balaban J connectivity index is 4.21. The second-order valence-electron chi connectivity index (χ2n) is 4.01. The summed E-state index contributed by atoms with van der Waals surface area (Å²) < 4.78 is 0. The summed E-state index contributed by atoms with van der Waals surface area (Å²) in [6.07, 6.45) is -0.270. The minimum absolute atomic E-state index is 0.111. The topological polar surface area (TPSA) is 142 Å². The first-order chi connectivity index (χ1) is 8.73. The first kappa shape index (κ1) is 16.7. The van der Waals surface area contributed by atoms with Crippen molar-refractivity contribution in [3.05, 3.63) is 0 Å². The molecule has 0 heterocycles. The summed E-state index contributed by atoms with van der Waals surface area (Å²) in [6.45, 7) is -0.249. The summed E-state index contributed by atoms with van der Waals surface area (Å²) in [4.78, 5) is 45.2. The van der Waals surface area contributed by atoms with Gasteiger partial charge in [0.25, 0.3) is 0 Å². The zero-order valence-electron chi connectivity index (χ0n) is 10.8. The van der Waals surface area contributed by atoms with Crippen molar-refractivity contribution in [2.24, 2.45) is 5.73 Å². The van der Waals surface area contributed by atoms with E-state index in [2.05, 4.69) is 10.6 Å². The van der Waals surface area contributed by atoms with Crippen LogP contribution in [0.1, 0.15) is 12.8 Å². The number of aliphatic carboxylic acids is 1. The molecule has 0 rings (SSSR count). The van der Waals surface area contributed by atoms with E-state index in [1.54, 1.807) is 0 Å². The van der Waals surface area contributed by atoms with Crippen LogP contribution in [0.15, 0.2) is 0 Å². The average Bonchev–Trinajstić information content (AvgIpc) is 2.30. The molecule has 0 aromatic carbocycles. The third-order valence-electron chi connectivity index (χ3n) is 2.18. The molecule has 108 valence electrons. The smallest absolute Gasteiger partial charge is 0.326 e. The second-order valence-corrected chi connectivity index (χ2v) is 4.01. The van der Waals surface area contributed by atoms with Gasteiger partial charge in [-0.15, -0.1) is 0 Å². The Morgan fingerprint density at radius 3 is 2.26 bits per heavy atom. The van der Waals surface area contributed by atoms with Crippen molar-refractivity contribution in [2.75, 3.05) is 20.6 Å². The number of carboxylic acids is 1. The Morgan fingerprint density at radius 1 is 1.26 bits per heavy atom. The number of rotatable bonds is 7. The molecule has 0 aliphatic rings. The number of likely N-dealkylation sites (N-methyl/N-ethyl adjacent to an activating group) is 1. The average molecular weight is 274 g/mol. The van der Waals surface area contributed by atoms with Crippen molar-refractivity contribution >= 4 is 23.8 Å². The molecular formula is C10H18N4O5. The Bertz CT molecular complexity index is 369. The maximum Gasteiger partial charge on any atom is 0.326 e. The van der Waals surface area contributed by atoms with Crippen molar-refractivity contribution in [3.8, 4) is 0 Å². The zero-order valence-corrected chi connectivity index (χ0v) is 10.8. The fourth-order valence-corrected chi connectivity index (χ4v) is 1.07. The Labute approximate surface area is 110 Å². The molecule has 9 heteroatoms. The van der Waals surface area contributed by atoms with Crippen LogP contribution in [0.25, 0.3) is 0 Å². The third kappa shape index (κ3) is 7.58. The maximum atomic E-state index is 11.4. The van der Waals surface area contributed by atoms with Gasteiger partial charge in [0.1, 0.15) is 6.04 Å². The van der Waals surface area contributed by atoms with Gasteiger partial charge in [0.05, 0.1) is 6.54 Å². The second kappa shape index (κ2) is 7.90. The number of nitrogens with one attached hydrogen (secondary N) is 2. The number of hydrogen-bond acceptors (Lipinski definition) is 4. The molecule has 0 saturated carbocycles. The summed E-state index contributed by atoms with van der Waals surface area (Å²) >= 11 is 0. The lowest BCUT2D eigenvalue weighted by Gasteiger charge is -2.15. The molecule has 0 aromatic heterocycles. The highest BCUT2D eigenvalue weighted by atomic mass is 16.4. The molecule has 0 radical (unpaired) electrons. The van der Waals surface area contributed by atoms with Crippen molar-refractivity contribution in [3.63, 3.8) is 0 Å². The third-order valence-corrected chi connectivity index (χ3v) is 2.18. The van der Waals surface area contributed by atoms with Gasteiger partial charge in [-0.05, 0) is 6.42 Å². The van der Waals surface area contributed by atoms with Gasteiger partial charge in [-0.25, -0.2) is 9.59 Å². The zero-order chi connectivity index (χ0) is 15.0. The lowest BCUT2D eigenvalue weighted by molar-refractivity contribution is -0.139. The molecular weight excluding hydrogens is 256 g/mol. The number of hydrogen-bond donors (Lipinski definition) is 4. The molecule has 0 aliphatic carbocycles. The molecule has 0 bridgehead atoms. The van der Waals surface area contributed by atoms with E-state index in [-0.39, 0.29) is 25.3 Å². The normalized spacial score (nSPS) is 11.3. The van der Waals surface area contributed by atoms with Crippen molar-refractivity contribution in [1.29, 1.82) is 0 Å². The fourth-order valence-electron chi connectivity index (χ4n) is 1.07. The number of urea groups is 1. The number of carbonyl (C=O) groups excluding carboxylic acids is 3. The summed E-state index contributed by atoms with van der Waals surface area (Å²) in [5.74, 6) is -2.27. The van der Waals surface area contributed by atoms with Gasteiger partial charge >= 0.3 is 12.0 Å². The van der Waals surface area contributed by atoms with Crippen LogP contribution in [-0.4, -0.2) is 60.5 Å². The summed E-state index contributed by atoms with van der Waals surface area (Å²) in [5, 5.41) is 13.2. The van der Waals surface area contributed by atoms with E-state index in [9.17, 15) is 19.2 Å². The van der Waals surface area contributed by atoms with E-state index in [0.717, 1.165) is 0 Å². The first-order valence-electron chi connectivity index (χ1n) is 5.49. The van der Waals surface area contributed by atoms with Gasteiger partial charge in [-0.1, -0.05) is 0 Å². The Kier molecular flexibility index (Phi) is 6.94. The van der Waals surface area contributed by atoms with Crippen LogP contribution >= 0.6 is 0 Å². The van der Waals surface area contributed by atoms with Crippen LogP contribution in [0.2, 0.25) is 0 Å². The first-order valence-corrected chi connectivity index (χ1v) is 5.49. The number of amides is 4. The lowest BCUT2D eigenvalue weighted by atomic mass is 10.1. The van der Waals surface area contributed by atoms with E-state index in [0.29, 0.717) is 0 Å². The molecule has 0 aliphatic heterocycles. The predicted octanol–water partition coefficient (Wildman–Crippen LogP) is -1.91. The number of carbonyl (C=O) groups is 4. The monoisotopic (exact) mass is 274 g/mol. The standard InChI is InChI=1S/C10H18N4O5/c1-14(2)8(16)5-12-10(19)13-6(9(17)18)3-4-7(11)15/h6H,3-5H2,1-2H3,(H2,11,15)(H,17,18)(H2,12,13,19). The Hall–Kier alpha value is -2.32. The van der Waals surface area contributed by atoms with Gasteiger partial charge in [0.2, 0.25) is 11.8 Å². The SMILES string of the molecule is CN(C)C(=O)CNC(=O)NC(CCC(N)=O)C(=O)O. The molecule has 5 N–H and O–H groups in total. The van der Waals surface area contributed by atoms with Gasteiger partial charge in [-0.3, -0.25) is 9.59 Å². The highest BCUT2D eigenvalue weighted by Gasteiger charge is 2.20.